The Kier molecular flexibility index (Phi) is 3.36. The van der Waals surface area contributed by atoms with E-state index < -0.39 is 4.92 Å². The fraction of sp³-hybridized carbons (Fsp3) is 0.400. The van der Waals surface area contributed by atoms with Crippen molar-refractivity contribution < 1.29 is 4.92 Å². The second-order valence-electron chi connectivity index (χ2n) is 3.86. The van der Waals surface area contributed by atoms with Crippen LogP contribution in [0.4, 0.5) is 11.6 Å². The third-order valence-electron chi connectivity index (χ3n) is 2.53. The normalized spacial score (nSPS) is 10.5. The van der Waals surface area contributed by atoms with Gasteiger partial charge in [-0.3, -0.25) is 10.1 Å². The topological polar surface area (TPSA) is 112 Å². The second-order valence-corrected chi connectivity index (χ2v) is 3.86. The van der Waals surface area contributed by atoms with E-state index in [-0.39, 0.29) is 11.4 Å². The van der Waals surface area contributed by atoms with Gasteiger partial charge in [0.25, 0.3) is 0 Å². The van der Waals surface area contributed by atoms with Gasteiger partial charge >= 0.3 is 5.69 Å². The summed E-state index contributed by atoms with van der Waals surface area (Å²) in [5, 5.41) is 21.6. The minimum Gasteiger partial charge on any atom is -0.354 e. The van der Waals surface area contributed by atoms with Gasteiger partial charge in [-0.05, 0) is 13.8 Å². The first kappa shape index (κ1) is 12.9. The van der Waals surface area contributed by atoms with Gasteiger partial charge in [0.15, 0.2) is 5.69 Å². The van der Waals surface area contributed by atoms with Gasteiger partial charge in [-0.1, -0.05) is 5.21 Å². The van der Waals surface area contributed by atoms with Crippen molar-refractivity contribution in [1.29, 1.82) is 0 Å². The molecule has 0 amide bonds. The summed E-state index contributed by atoms with van der Waals surface area (Å²) in [6, 6.07) is 0. The molecule has 0 spiro atoms. The van der Waals surface area contributed by atoms with Crippen molar-refractivity contribution in [2.24, 2.45) is 7.05 Å². The molecule has 0 saturated carbocycles. The fourth-order valence-electron chi connectivity index (χ4n) is 1.71. The zero-order valence-electron chi connectivity index (χ0n) is 10.8. The molecule has 100 valence electrons. The number of aryl methyl sites for hydroxylation is 2. The molecule has 0 fully saturated rings. The standard InChI is InChI=1S/C10H13N7O2/c1-4-11-10-13-6(2)9(17(18)19)8(14-10)7-5-12-15-16(7)3/h5H,4H2,1-3H3,(H,11,13,14). The van der Waals surface area contributed by atoms with E-state index in [2.05, 4.69) is 25.6 Å². The van der Waals surface area contributed by atoms with Gasteiger partial charge in [-0.2, -0.15) is 0 Å². The number of hydrogen-bond acceptors (Lipinski definition) is 7. The van der Waals surface area contributed by atoms with Crippen LogP contribution in [0, 0.1) is 17.0 Å². The molecule has 9 nitrogen and oxygen atoms in total. The van der Waals surface area contributed by atoms with Gasteiger partial charge in [0, 0.05) is 13.6 Å². The van der Waals surface area contributed by atoms with Crippen molar-refractivity contribution in [2.75, 3.05) is 11.9 Å². The molecule has 1 N–H and O–H groups in total. The molecule has 2 rings (SSSR count). The SMILES string of the molecule is CCNc1nc(C)c([N+](=O)[O-])c(-c2cnnn2C)n1. The van der Waals surface area contributed by atoms with Gasteiger partial charge < -0.3 is 5.32 Å². The second kappa shape index (κ2) is 4.96. The molecule has 2 heterocycles. The van der Waals surface area contributed by atoms with Gasteiger partial charge in [-0.25, -0.2) is 14.6 Å². The number of nitro groups is 1. The number of nitrogens with one attached hydrogen (secondary N) is 1. The highest BCUT2D eigenvalue weighted by Crippen LogP contribution is 2.30. The van der Waals surface area contributed by atoms with Crippen LogP contribution in [-0.4, -0.2) is 36.4 Å². The van der Waals surface area contributed by atoms with E-state index in [1.165, 1.54) is 10.9 Å². The molecule has 0 radical (unpaired) electrons. The summed E-state index contributed by atoms with van der Waals surface area (Å²) in [6.07, 6.45) is 1.44. The summed E-state index contributed by atoms with van der Waals surface area (Å²) >= 11 is 0. The van der Waals surface area contributed by atoms with Crippen molar-refractivity contribution in [1.82, 2.24) is 25.0 Å². The number of nitrogens with zero attached hydrogens (tertiary/aromatic N) is 6. The molecule has 19 heavy (non-hydrogen) atoms. The highest BCUT2D eigenvalue weighted by atomic mass is 16.6. The summed E-state index contributed by atoms with van der Waals surface area (Å²) in [6.45, 7) is 4.10. The van der Waals surface area contributed by atoms with Crippen molar-refractivity contribution in [3.63, 3.8) is 0 Å². The third kappa shape index (κ3) is 2.34. The summed E-state index contributed by atoms with van der Waals surface area (Å²) in [5.74, 6) is 0.349. The number of anilines is 1. The van der Waals surface area contributed by atoms with Crippen LogP contribution in [-0.2, 0) is 7.05 Å². The fourth-order valence-corrected chi connectivity index (χ4v) is 1.71. The maximum Gasteiger partial charge on any atom is 0.318 e. The summed E-state index contributed by atoms with van der Waals surface area (Å²) in [5.41, 5.74) is 0.844. The zero-order valence-corrected chi connectivity index (χ0v) is 10.8. The summed E-state index contributed by atoms with van der Waals surface area (Å²) < 4.78 is 1.44. The molecule has 0 unspecified atom stereocenters. The average Bonchev–Trinajstić information content (AvgIpc) is 2.74. The smallest absolute Gasteiger partial charge is 0.318 e. The Bertz CT molecular complexity index is 622. The quantitative estimate of drug-likeness (QED) is 0.644. The number of hydrogen-bond donors (Lipinski definition) is 1. The molecular weight excluding hydrogens is 250 g/mol. The van der Waals surface area contributed by atoms with Crippen LogP contribution in [0.15, 0.2) is 6.20 Å². The molecule has 0 saturated heterocycles. The molecule has 0 aliphatic rings. The Morgan fingerprint density at radius 1 is 1.47 bits per heavy atom. The van der Waals surface area contributed by atoms with E-state index in [1.807, 2.05) is 6.92 Å². The molecule has 0 bridgehead atoms. The van der Waals surface area contributed by atoms with Gasteiger partial charge in [0.1, 0.15) is 11.4 Å². The van der Waals surface area contributed by atoms with Crippen molar-refractivity contribution in [2.45, 2.75) is 13.8 Å². The van der Waals surface area contributed by atoms with Crippen LogP contribution < -0.4 is 5.32 Å². The Morgan fingerprint density at radius 3 is 2.74 bits per heavy atom. The predicted octanol–water partition coefficient (Wildman–Crippen LogP) is 0.921. The van der Waals surface area contributed by atoms with Crippen LogP contribution in [0.25, 0.3) is 11.4 Å². The lowest BCUT2D eigenvalue weighted by Gasteiger charge is -2.07. The van der Waals surface area contributed by atoms with Crippen molar-refractivity contribution in [3.05, 3.63) is 22.0 Å². The van der Waals surface area contributed by atoms with E-state index in [9.17, 15) is 10.1 Å². The maximum absolute atomic E-state index is 11.2. The van der Waals surface area contributed by atoms with E-state index in [4.69, 9.17) is 0 Å². The molecule has 2 aromatic rings. The van der Waals surface area contributed by atoms with E-state index in [1.54, 1.807) is 14.0 Å². The van der Waals surface area contributed by atoms with Crippen molar-refractivity contribution >= 4 is 11.6 Å². The van der Waals surface area contributed by atoms with Crippen molar-refractivity contribution in [3.8, 4) is 11.4 Å². The minimum absolute atomic E-state index is 0.132. The molecular formula is C10H13N7O2. The number of rotatable bonds is 4. The first-order valence-electron chi connectivity index (χ1n) is 5.66. The third-order valence-corrected chi connectivity index (χ3v) is 2.53. The first-order valence-corrected chi connectivity index (χ1v) is 5.66. The van der Waals surface area contributed by atoms with E-state index in [0.29, 0.717) is 23.9 Å². The summed E-state index contributed by atoms with van der Waals surface area (Å²) in [7, 11) is 1.65. The van der Waals surface area contributed by atoms with E-state index >= 15 is 0 Å². The Hall–Kier alpha value is -2.58. The predicted molar refractivity (Wildman–Crippen MR) is 67.6 cm³/mol. The van der Waals surface area contributed by atoms with Gasteiger partial charge in [-0.15, -0.1) is 5.10 Å². The highest BCUT2D eigenvalue weighted by molar-refractivity contribution is 5.68. The minimum atomic E-state index is -0.493. The Labute approximate surface area is 108 Å². The largest absolute Gasteiger partial charge is 0.354 e. The molecule has 0 aliphatic carbocycles. The molecule has 0 atom stereocenters. The van der Waals surface area contributed by atoms with Crippen LogP contribution in [0.2, 0.25) is 0 Å². The average molecular weight is 263 g/mol. The maximum atomic E-state index is 11.2. The van der Waals surface area contributed by atoms with Crippen LogP contribution in [0.3, 0.4) is 0 Å². The Morgan fingerprint density at radius 2 is 2.21 bits per heavy atom. The van der Waals surface area contributed by atoms with Gasteiger partial charge in [0.2, 0.25) is 5.95 Å². The highest BCUT2D eigenvalue weighted by Gasteiger charge is 2.25. The molecule has 9 heteroatoms. The van der Waals surface area contributed by atoms with E-state index in [0.717, 1.165) is 0 Å². The zero-order chi connectivity index (χ0) is 14.0. The number of aromatic nitrogens is 5. The molecule has 2 aromatic heterocycles. The monoisotopic (exact) mass is 263 g/mol. The summed E-state index contributed by atoms with van der Waals surface area (Å²) in [4.78, 5) is 18.9. The lowest BCUT2D eigenvalue weighted by atomic mass is 10.2. The lowest BCUT2D eigenvalue weighted by Crippen LogP contribution is -2.08. The van der Waals surface area contributed by atoms with Crippen LogP contribution in [0.5, 0.6) is 0 Å². The lowest BCUT2D eigenvalue weighted by molar-refractivity contribution is -0.385. The van der Waals surface area contributed by atoms with Crippen LogP contribution in [0.1, 0.15) is 12.6 Å². The first-order chi connectivity index (χ1) is 9.04. The Balaban J connectivity index is 2.68. The molecule has 0 aliphatic heterocycles. The van der Waals surface area contributed by atoms with Crippen LogP contribution >= 0.6 is 0 Å². The molecule has 0 aromatic carbocycles. The van der Waals surface area contributed by atoms with Gasteiger partial charge in [0.05, 0.1) is 11.1 Å².